The highest BCUT2D eigenvalue weighted by atomic mass is 16.4. The largest absolute Gasteiger partial charge is 0.481 e. The molecule has 0 spiro atoms. The van der Waals surface area contributed by atoms with Gasteiger partial charge < -0.3 is 10.2 Å². The topological polar surface area (TPSA) is 74.6 Å². The third-order valence-corrected chi connectivity index (χ3v) is 4.40. The van der Waals surface area contributed by atoms with Crippen LogP contribution in [0.15, 0.2) is 11.6 Å². The number of ketones is 1. The van der Waals surface area contributed by atoms with Gasteiger partial charge in [0.25, 0.3) is 0 Å². The van der Waals surface area contributed by atoms with Crippen molar-refractivity contribution in [2.24, 2.45) is 17.8 Å². The summed E-state index contributed by atoms with van der Waals surface area (Å²) in [5.74, 6) is -0.553. The first-order valence-corrected chi connectivity index (χ1v) is 6.63. The molecule has 0 bridgehead atoms. The Balaban J connectivity index is 2.17. The molecule has 0 radical (unpaired) electrons. The molecule has 2 rings (SSSR count). The van der Waals surface area contributed by atoms with Gasteiger partial charge in [0.15, 0.2) is 5.78 Å². The second-order valence-electron chi connectivity index (χ2n) is 5.54. The Hall–Kier alpha value is -1.16. The zero-order valence-electron chi connectivity index (χ0n) is 10.6. The van der Waals surface area contributed by atoms with Crippen LogP contribution in [-0.4, -0.2) is 28.1 Å². The number of hydrogen-bond donors (Lipinski definition) is 2. The quantitative estimate of drug-likeness (QED) is 0.802. The summed E-state index contributed by atoms with van der Waals surface area (Å²) >= 11 is 0. The number of aliphatic carboxylic acids is 1. The van der Waals surface area contributed by atoms with E-state index in [0.717, 1.165) is 18.4 Å². The highest BCUT2D eigenvalue weighted by Gasteiger charge is 2.39. The van der Waals surface area contributed by atoms with Crippen LogP contribution in [0.25, 0.3) is 0 Å². The second kappa shape index (κ2) is 5.22. The summed E-state index contributed by atoms with van der Waals surface area (Å²) in [4.78, 5) is 22.6. The molecule has 4 atom stereocenters. The second-order valence-corrected chi connectivity index (χ2v) is 5.54. The van der Waals surface area contributed by atoms with Crippen molar-refractivity contribution in [1.29, 1.82) is 0 Å². The molecule has 0 heterocycles. The Morgan fingerprint density at radius 1 is 1.50 bits per heavy atom. The van der Waals surface area contributed by atoms with Gasteiger partial charge in [-0.2, -0.15) is 0 Å². The smallest absolute Gasteiger partial charge is 0.303 e. The molecule has 0 amide bonds. The number of carbonyl (C=O) groups excluding carboxylic acids is 1. The van der Waals surface area contributed by atoms with Crippen LogP contribution in [0.2, 0.25) is 0 Å². The molecule has 0 aliphatic heterocycles. The lowest BCUT2D eigenvalue weighted by atomic mass is 9.65. The minimum atomic E-state index is -0.817. The van der Waals surface area contributed by atoms with Crippen LogP contribution in [0, 0.1) is 17.8 Å². The number of aliphatic hydroxyl groups excluding tert-OH is 1. The van der Waals surface area contributed by atoms with E-state index in [1.165, 1.54) is 0 Å². The molecular formula is C14H20O4. The Morgan fingerprint density at radius 2 is 2.22 bits per heavy atom. The number of hydrogen-bond acceptors (Lipinski definition) is 3. The van der Waals surface area contributed by atoms with Gasteiger partial charge in [0.05, 0.1) is 6.10 Å². The molecule has 0 aromatic heterocycles. The SMILES string of the molecule is CC1C(=O)C=C2CCC(O)CC2C1CCC(=O)O. The van der Waals surface area contributed by atoms with Crippen molar-refractivity contribution in [3.05, 3.63) is 11.6 Å². The van der Waals surface area contributed by atoms with Crippen LogP contribution in [-0.2, 0) is 9.59 Å². The fraction of sp³-hybridized carbons (Fsp3) is 0.714. The van der Waals surface area contributed by atoms with Gasteiger partial charge in [0.2, 0.25) is 0 Å². The van der Waals surface area contributed by atoms with E-state index in [1.807, 2.05) is 6.92 Å². The normalized spacial score (nSPS) is 35.9. The summed E-state index contributed by atoms with van der Waals surface area (Å²) in [7, 11) is 0. The molecular weight excluding hydrogens is 232 g/mol. The molecule has 18 heavy (non-hydrogen) atoms. The molecule has 2 aliphatic rings. The fourth-order valence-corrected chi connectivity index (χ4v) is 3.32. The molecule has 4 nitrogen and oxygen atoms in total. The van der Waals surface area contributed by atoms with E-state index in [9.17, 15) is 14.7 Å². The average molecular weight is 252 g/mol. The van der Waals surface area contributed by atoms with Gasteiger partial charge in [0, 0.05) is 12.3 Å². The molecule has 100 valence electrons. The summed E-state index contributed by atoms with van der Waals surface area (Å²) in [6.07, 6.45) is 4.22. The molecule has 0 saturated heterocycles. The Bertz CT molecular complexity index is 385. The number of fused-ring (bicyclic) bond motifs is 1. The number of carboxylic acids is 1. The van der Waals surface area contributed by atoms with Crippen molar-refractivity contribution in [1.82, 2.24) is 0 Å². The lowest BCUT2D eigenvalue weighted by Gasteiger charge is -2.40. The number of carboxylic acid groups (broad SMARTS) is 1. The predicted molar refractivity (Wildman–Crippen MR) is 66.0 cm³/mol. The van der Waals surface area contributed by atoms with Gasteiger partial charge in [-0.15, -0.1) is 0 Å². The zero-order valence-corrected chi connectivity index (χ0v) is 10.6. The number of carbonyl (C=O) groups is 2. The summed E-state index contributed by atoms with van der Waals surface area (Å²) in [5, 5.41) is 18.6. The van der Waals surface area contributed by atoms with Crippen LogP contribution in [0.1, 0.15) is 39.0 Å². The minimum absolute atomic E-state index is 0.0727. The first-order chi connectivity index (χ1) is 8.49. The van der Waals surface area contributed by atoms with Crippen molar-refractivity contribution in [3.63, 3.8) is 0 Å². The van der Waals surface area contributed by atoms with E-state index in [-0.39, 0.29) is 36.1 Å². The number of allylic oxidation sites excluding steroid dienone is 2. The lowest BCUT2D eigenvalue weighted by Crippen LogP contribution is -2.37. The average Bonchev–Trinajstić information content (AvgIpc) is 2.30. The van der Waals surface area contributed by atoms with Crippen LogP contribution in [0.4, 0.5) is 0 Å². The zero-order chi connectivity index (χ0) is 13.3. The maximum absolute atomic E-state index is 11.9. The Morgan fingerprint density at radius 3 is 2.89 bits per heavy atom. The number of aliphatic hydroxyl groups is 1. The highest BCUT2D eigenvalue weighted by molar-refractivity contribution is 5.93. The molecule has 4 unspecified atom stereocenters. The van der Waals surface area contributed by atoms with Crippen molar-refractivity contribution in [3.8, 4) is 0 Å². The third-order valence-electron chi connectivity index (χ3n) is 4.40. The first-order valence-electron chi connectivity index (χ1n) is 6.63. The molecule has 2 aliphatic carbocycles. The van der Waals surface area contributed by atoms with E-state index in [2.05, 4.69) is 0 Å². The monoisotopic (exact) mass is 252 g/mol. The van der Waals surface area contributed by atoms with Gasteiger partial charge in [-0.1, -0.05) is 12.5 Å². The van der Waals surface area contributed by atoms with Crippen LogP contribution >= 0.6 is 0 Å². The third kappa shape index (κ3) is 2.64. The van der Waals surface area contributed by atoms with E-state index in [0.29, 0.717) is 12.8 Å². The van der Waals surface area contributed by atoms with E-state index in [4.69, 9.17) is 5.11 Å². The lowest BCUT2D eigenvalue weighted by molar-refractivity contribution is -0.138. The first kappa shape index (κ1) is 13.3. The summed E-state index contributed by atoms with van der Waals surface area (Å²) in [6, 6.07) is 0. The van der Waals surface area contributed by atoms with Gasteiger partial charge in [0.1, 0.15) is 0 Å². The summed E-state index contributed by atoms with van der Waals surface area (Å²) in [6.45, 7) is 1.88. The summed E-state index contributed by atoms with van der Waals surface area (Å²) in [5.41, 5.74) is 1.12. The standard InChI is InChI=1S/C14H20O4/c1-8-11(4-5-14(17)18)12-7-10(15)3-2-9(12)6-13(8)16/h6,8,10-12,15H,2-5,7H2,1H3,(H,17,18). The van der Waals surface area contributed by atoms with Gasteiger partial charge in [-0.25, -0.2) is 0 Å². The Kier molecular flexibility index (Phi) is 3.85. The summed E-state index contributed by atoms with van der Waals surface area (Å²) < 4.78 is 0. The van der Waals surface area contributed by atoms with Crippen LogP contribution in [0.5, 0.6) is 0 Å². The maximum Gasteiger partial charge on any atom is 0.303 e. The van der Waals surface area contributed by atoms with E-state index >= 15 is 0 Å². The maximum atomic E-state index is 11.9. The number of rotatable bonds is 3. The fourth-order valence-electron chi connectivity index (χ4n) is 3.32. The van der Waals surface area contributed by atoms with E-state index < -0.39 is 5.97 Å². The highest BCUT2D eigenvalue weighted by Crippen LogP contribution is 2.43. The molecule has 0 aromatic rings. The van der Waals surface area contributed by atoms with Crippen molar-refractivity contribution < 1.29 is 19.8 Å². The van der Waals surface area contributed by atoms with Crippen molar-refractivity contribution in [2.75, 3.05) is 0 Å². The van der Waals surface area contributed by atoms with Crippen molar-refractivity contribution in [2.45, 2.75) is 45.1 Å². The van der Waals surface area contributed by atoms with Gasteiger partial charge in [-0.3, -0.25) is 9.59 Å². The molecule has 4 heteroatoms. The predicted octanol–water partition coefficient (Wildman–Crippen LogP) is 1.77. The molecule has 1 saturated carbocycles. The van der Waals surface area contributed by atoms with Crippen LogP contribution in [0.3, 0.4) is 0 Å². The minimum Gasteiger partial charge on any atom is -0.481 e. The Labute approximate surface area is 107 Å². The van der Waals surface area contributed by atoms with E-state index in [1.54, 1.807) is 6.08 Å². The van der Waals surface area contributed by atoms with Gasteiger partial charge >= 0.3 is 5.97 Å². The van der Waals surface area contributed by atoms with Crippen LogP contribution < -0.4 is 0 Å². The van der Waals surface area contributed by atoms with Crippen molar-refractivity contribution >= 4 is 11.8 Å². The van der Waals surface area contributed by atoms with Gasteiger partial charge in [-0.05, 0) is 43.6 Å². The molecule has 2 N–H and O–H groups in total. The molecule has 1 fully saturated rings. The molecule has 0 aromatic carbocycles.